The van der Waals surface area contributed by atoms with E-state index < -0.39 is 6.10 Å². The average molecular weight is 276 g/mol. The number of nitrogens with zero attached hydrogens (tertiary/aromatic N) is 7. The van der Waals surface area contributed by atoms with E-state index in [0.29, 0.717) is 11.2 Å². The fourth-order valence-corrected chi connectivity index (χ4v) is 1.54. The Bertz CT molecular complexity index is 675. The van der Waals surface area contributed by atoms with Crippen molar-refractivity contribution in [1.82, 2.24) is 19.5 Å². The standard InChI is InChI=1S/C10H12N8O2/c1-6(20-7(3-19)2-16-17-12)18-5-15-8-9(11)13-4-14-10(8)18/h4-5,7,19H,1-3H2,(H2,11,13,14)/t7-/m0/s1. The van der Waals surface area contributed by atoms with Gasteiger partial charge in [-0.15, -0.1) is 0 Å². The molecule has 0 aromatic carbocycles. The second kappa shape index (κ2) is 5.87. The van der Waals surface area contributed by atoms with Gasteiger partial charge in [0.15, 0.2) is 22.9 Å². The lowest BCUT2D eigenvalue weighted by atomic mass is 10.4. The highest BCUT2D eigenvalue weighted by Crippen LogP contribution is 2.18. The molecule has 0 unspecified atom stereocenters. The highest BCUT2D eigenvalue weighted by Gasteiger charge is 2.14. The molecule has 0 fully saturated rings. The quantitative estimate of drug-likeness (QED) is 0.340. The van der Waals surface area contributed by atoms with Gasteiger partial charge in [-0.3, -0.25) is 4.57 Å². The molecule has 0 bridgehead atoms. The zero-order chi connectivity index (χ0) is 14.5. The highest BCUT2D eigenvalue weighted by molar-refractivity contribution is 5.83. The van der Waals surface area contributed by atoms with Gasteiger partial charge in [-0.25, -0.2) is 15.0 Å². The van der Waals surface area contributed by atoms with Crippen molar-refractivity contribution in [2.45, 2.75) is 6.10 Å². The molecular weight excluding hydrogens is 264 g/mol. The Balaban J connectivity index is 2.23. The minimum Gasteiger partial charge on any atom is -0.473 e. The molecule has 0 spiro atoms. The maximum absolute atomic E-state index is 9.14. The second-order valence-electron chi connectivity index (χ2n) is 3.78. The van der Waals surface area contributed by atoms with Gasteiger partial charge >= 0.3 is 0 Å². The number of imidazole rings is 1. The van der Waals surface area contributed by atoms with Crippen LogP contribution in [0.5, 0.6) is 0 Å². The molecule has 3 N–H and O–H groups in total. The third-order valence-electron chi connectivity index (χ3n) is 2.49. The molecule has 0 amide bonds. The van der Waals surface area contributed by atoms with Gasteiger partial charge in [0, 0.05) is 4.91 Å². The summed E-state index contributed by atoms with van der Waals surface area (Å²) in [6, 6.07) is 0. The van der Waals surface area contributed by atoms with Crippen molar-refractivity contribution < 1.29 is 9.84 Å². The Kier molecular flexibility index (Phi) is 3.99. The Morgan fingerprint density at radius 2 is 2.40 bits per heavy atom. The van der Waals surface area contributed by atoms with E-state index in [-0.39, 0.29) is 24.9 Å². The first kappa shape index (κ1) is 13.6. The van der Waals surface area contributed by atoms with Gasteiger partial charge < -0.3 is 15.6 Å². The average Bonchev–Trinajstić information content (AvgIpc) is 2.88. The van der Waals surface area contributed by atoms with Crippen LogP contribution in [0, 0.1) is 0 Å². The van der Waals surface area contributed by atoms with Crippen LogP contribution in [0.1, 0.15) is 0 Å². The summed E-state index contributed by atoms with van der Waals surface area (Å²) >= 11 is 0. The van der Waals surface area contributed by atoms with E-state index >= 15 is 0 Å². The molecule has 0 aliphatic heterocycles. The summed E-state index contributed by atoms with van der Waals surface area (Å²) in [7, 11) is 0. The normalized spacial score (nSPS) is 11.8. The summed E-state index contributed by atoms with van der Waals surface area (Å²) in [5.74, 6) is 0.423. The molecular formula is C10H12N8O2. The summed E-state index contributed by atoms with van der Waals surface area (Å²) in [6.45, 7) is 3.39. The van der Waals surface area contributed by atoms with Crippen LogP contribution >= 0.6 is 0 Å². The van der Waals surface area contributed by atoms with E-state index in [1.54, 1.807) is 0 Å². The summed E-state index contributed by atoms with van der Waals surface area (Å²) < 4.78 is 6.87. The van der Waals surface area contributed by atoms with E-state index in [1.807, 2.05) is 0 Å². The lowest BCUT2D eigenvalue weighted by Crippen LogP contribution is -2.21. The largest absolute Gasteiger partial charge is 0.473 e. The van der Waals surface area contributed by atoms with Crippen LogP contribution in [0.3, 0.4) is 0 Å². The van der Waals surface area contributed by atoms with Crippen molar-refractivity contribution in [3.05, 3.63) is 29.7 Å². The molecule has 2 aromatic rings. The SMILES string of the molecule is C=C(O[C@H](CO)CN=[N+]=[N-])n1cnc2c(N)ncnc21. The zero-order valence-corrected chi connectivity index (χ0v) is 10.4. The van der Waals surface area contributed by atoms with Crippen LogP contribution in [0.2, 0.25) is 0 Å². The Morgan fingerprint density at radius 3 is 3.10 bits per heavy atom. The second-order valence-corrected chi connectivity index (χ2v) is 3.78. The first-order valence-electron chi connectivity index (χ1n) is 5.58. The maximum atomic E-state index is 9.14. The number of aliphatic hydroxyl groups is 1. The molecule has 20 heavy (non-hydrogen) atoms. The minimum absolute atomic E-state index is 0.0181. The molecule has 0 aliphatic rings. The monoisotopic (exact) mass is 276 g/mol. The number of aliphatic hydroxyl groups excluding tert-OH is 1. The minimum atomic E-state index is -0.699. The zero-order valence-electron chi connectivity index (χ0n) is 10.4. The Morgan fingerprint density at radius 1 is 1.60 bits per heavy atom. The van der Waals surface area contributed by atoms with Crippen molar-refractivity contribution >= 4 is 22.9 Å². The van der Waals surface area contributed by atoms with Gasteiger partial charge in [0.2, 0.25) is 0 Å². The third-order valence-corrected chi connectivity index (χ3v) is 2.49. The van der Waals surface area contributed by atoms with Crippen molar-refractivity contribution in [2.75, 3.05) is 18.9 Å². The van der Waals surface area contributed by atoms with Gasteiger partial charge in [0.05, 0.1) is 13.2 Å². The predicted molar refractivity (Wildman–Crippen MR) is 71.0 cm³/mol. The van der Waals surface area contributed by atoms with Crippen LogP contribution in [0.4, 0.5) is 5.82 Å². The fourth-order valence-electron chi connectivity index (χ4n) is 1.54. The number of hydrogen-bond acceptors (Lipinski definition) is 7. The number of nitrogens with two attached hydrogens (primary N) is 1. The molecule has 0 saturated carbocycles. The predicted octanol–water partition coefficient (Wildman–Crippen LogP) is 0.524. The number of nitrogen functional groups attached to an aromatic ring is 1. The number of aromatic nitrogens is 4. The first-order valence-corrected chi connectivity index (χ1v) is 5.58. The topological polar surface area (TPSA) is 148 Å². The van der Waals surface area contributed by atoms with Crippen LogP contribution in [-0.2, 0) is 4.74 Å². The van der Waals surface area contributed by atoms with Crippen LogP contribution < -0.4 is 5.73 Å². The maximum Gasteiger partial charge on any atom is 0.193 e. The van der Waals surface area contributed by atoms with Crippen molar-refractivity contribution in [3.63, 3.8) is 0 Å². The van der Waals surface area contributed by atoms with E-state index in [1.165, 1.54) is 17.2 Å². The number of fused-ring (bicyclic) bond motifs is 1. The van der Waals surface area contributed by atoms with Crippen LogP contribution in [0.25, 0.3) is 27.5 Å². The molecule has 0 saturated heterocycles. The van der Waals surface area contributed by atoms with E-state index in [9.17, 15) is 0 Å². The lowest BCUT2D eigenvalue weighted by molar-refractivity contribution is 0.0918. The first-order chi connectivity index (χ1) is 9.67. The smallest absolute Gasteiger partial charge is 0.193 e. The third kappa shape index (κ3) is 2.60. The number of hydrogen-bond donors (Lipinski definition) is 2. The van der Waals surface area contributed by atoms with Gasteiger partial charge in [-0.2, -0.15) is 0 Å². The van der Waals surface area contributed by atoms with Gasteiger partial charge in [0.25, 0.3) is 0 Å². The van der Waals surface area contributed by atoms with E-state index in [0.717, 1.165) is 0 Å². The molecule has 0 radical (unpaired) electrons. The summed E-state index contributed by atoms with van der Waals surface area (Å²) in [4.78, 5) is 14.5. The van der Waals surface area contributed by atoms with Crippen LogP contribution in [0.15, 0.2) is 24.3 Å². The van der Waals surface area contributed by atoms with Gasteiger partial charge in [-0.05, 0) is 12.1 Å². The number of anilines is 1. The lowest BCUT2D eigenvalue weighted by Gasteiger charge is -2.16. The molecule has 2 aromatic heterocycles. The van der Waals surface area contributed by atoms with Gasteiger partial charge in [0.1, 0.15) is 18.8 Å². The molecule has 10 heteroatoms. The summed E-state index contributed by atoms with van der Waals surface area (Å²) in [6.07, 6.45) is 2.03. The van der Waals surface area contributed by atoms with Crippen LogP contribution in [-0.4, -0.2) is 43.9 Å². The number of ether oxygens (including phenoxy) is 1. The highest BCUT2D eigenvalue weighted by atomic mass is 16.5. The van der Waals surface area contributed by atoms with Crippen molar-refractivity contribution in [2.24, 2.45) is 5.11 Å². The molecule has 2 heterocycles. The van der Waals surface area contributed by atoms with E-state index in [4.69, 9.17) is 21.1 Å². The molecule has 0 aliphatic carbocycles. The molecule has 1 atom stereocenters. The van der Waals surface area contributed by atoms with Gasteiger partial charge in [-0.1, -0.05) is 5.11 Å². The summed E-state index contributed by atoms with van der Waals surface area (Å²) in [5, 5.41) is 12.5. The fraction of sp³-hybridized carbons (Fsp3) is 0.300. The van der Waals surface area contributed by atoms with Crippen molar-refractivity contribution in [1.29, 1.82) is 0 Å². The van der Waals surface area contributed by atoms with Crippen molar-refractivity contribution in [3.8, 4) is 0 Å². The molecule has 10 nitrogen and oxygen atoms in total. The number of rotatable bonds is 6. The summed E-state index contributed by atoms with van der Waals surface area (Å²) in [5.41, 5.74) is 14.8. The molecule has 2 rings (SSSR count). The molecule has 104 valence electrons. The number of azide groups is 1. The Labute approximate surface area is 113 Å². The van der Waals surface area contributed by atoms with E-state index in [2.05, 4.69) is 31.6 Å². The Hall–Kier alpha value is -2.84.